The van der Waals surface area contributed by atoms with Gasteiger partial charge in [0.25, 0.3) is 21.6 Å². The number of piperazine rings is 1. The second kappa shape index (κ2) is 18.7. The lowest BCUT2D eigenvalue weighted by Crippen LogP contribution is -2.47. The number of ether oxygens (including phenoxy) is 2. The molecule has 7 rings (SSSR count). The summed E-state index contributed by atoms with van der Waals surface area (Å²) in [5.41, 5.74) is 10.6. The van der Waals surface area contributed by atoms with E-state index in [2.05, 4.69) is 45.6 Å². The Labute approximate surface area is 353 Å². The topological polar surface area (TPSA) is 182 Å². The van der Waals surface area contributed by atoms with E-state index in [0.717, 1.165) is 69.2 Å². The van der Waals surface area contributed by atoms with Gasteiger partial charge in [0.1, 0.15) is 17.2 Å². The van der Waals surface area contributed by atoms with Gasteiger partial charge in [-0.2, -0.15) is 0 Å². The van der Waals surface area contributed by atoms with E-state index in [1.165, 1.54) is 63.1 Å². The van der Waals surface area contributed by atoms with Crippen molar-refractivity contribution >= 4 is 39.1 Å². The van der Waals surface area contributed by atoms with Crippen LogP contribution in [0.2, 0.25) is 0 Å². The number of carbonyl (C=O) groups excluding carboxylic acids is 1. The minimum absolute atomic E-state index is 0.0361. The van der Waals surface area contributed by atoms with Gasteiger partial charge in [-0.1, -0.05) is 38.3 Å². The van der Waals surface area contributed by atoms with Crippen molar-refractivity contribution in [2.24, 2.45) is 28.9 Å². The number of nitro groups is 1. The van der Waals surface area contributed by atoms with Gasteiger partial charge in [-0.3, -0.25) is 24.8 Å². The second-order valence-electron chi connectivity index (χ2n) is 17.6. The van der Waals surface area contributed by atoms with Gasteiger partial charge in [0, 0.05) is 76.5 Å². The lowest BCUT2D eigenvalue weighted by molar-refractivity contribution is -0.384. The smallest absolute Gasteiger partial charge is 0.293 e. The number of sulfonamides is 1. The van der Waals surface area contributed by atoms with Crippen molar-refractivity contribution in [2.75, 3.05) is 62.7 Å². The van der Waals surface area contributed by atoms with Gasteiger partial charge in [0.15, 0.2) is 0 Å². The summed E-state index contributed by atoms with van der Waals surface area (Å²) < 4.78 is 41.1. The third-order valence-corrected chi connectivity index (χ3v) is 14.1. The molecule has 0 bridgehead atoms. The molecule has 1 aromatic heterocycles. The van der Waals surface area contributed by atoms with Gasteiger partial charge in [0.2, 0.25) is 0 Å². The van der Waals surface area contributed by atoms with Crippen LogP contribution in [0, 0.1) is 33.3 Å². The second-order valence-corrected chi connectivity index (χ2v) is 19.3. The molecule has 2 aliphatic heterocycles. The summed E-state index contributed by atoms with van der Waals surface area (Å²) >= 11 is 0. The Kier molecular flexibility index (Phi) is 13.5. The summed E-state index contributed by atoms with van der Waals surface area (Å²) in [4.78, 5) is 33.9. The molecule has 1 saturated carbocycles. The Balaban J connectivity index is 1.08. The largest absolute Gasteiger partial charge is 0.455 e. The van der Waals surface area contributed by atoms with E-state index >= 15 is 0 Å². The highest BCUT2D eigenvalue weighted by Crippen LogP contribution is 2.49. The maximum absolute atomic E-state index is 13.9. The average Bonchev–Trinajstić information content (AvgIpc) is 3.21. The summed E-state index contributed by atoms with van der Waals surface area (Å²) in [6.45, 7) is 13.2. The number of aromatic nitrogens is 1. The number of benzene rings is 2. The fourth-order valence-electron chi connectivity index (χ4n) is 9.00. The first-order chi connectivity index (χ1) is 28.8. The van der Waals surface area contributed by atoms with Crippen LogP contribution in [-0.2, 0) is 14.8 Å². The maximum atomic E-state index is 13.9. The van der Waals surface area contributed by atoms with E-state index in [-0.39, 0.29) is 22.9 Å². The van der Waals surface area contributed by atoms with Crippen molar-refractivity contribution in [1.29, 1.82) is 0 Å². The van der Waals surface area contributed by atoms with Crippen molar-refractivity contribution in [1.82, 2.24) is 14.6 Å². The quantitative estimate of drug-likeness (QED) is 0.0771. The van der Waals surface area contributed by atoms with Crippen LogP contribution in [0.5, 0.6) is 11.5 Å². The monoisotopic (exact) mass is 841 g/mol. The maximum Gasteiger partial charge on any atom is 0.293 e. The molecule has 15 heteroatoms. The fraction of sp³-hybridized carbons (Fsp3) is 0.511. The van der Waals surface area contributed by atoms with Crippen LogP contribution in [0.1, 0.15) is 88.1 Å². The van der Waals surface area contributed by atoms with E-state index in [1.807, 2.05) is 0 Å². The number of nitrogens with two attached hydrogens (primary N) is 1. The first-order valence-corrected chi connectivity index (χ1v) is 22.8. The van der Waals surface area contributed by atoms with Gasteiger partial charge in [0.05, 0.1) is 21.6 Å². The minimum atomic E-state index is -4.55. The van der Waals surface area contributed by atoms with Crippen LogP contribution in [0.25, 0.3) is 6.08 Å². The Bertz CT molecular complexity index is 2210. The summed E-state index contributed by atoms with van der Waals surface area (Å²) in [6.07, 6.45) is 15.3. The molecule has 4 N–H and O–H groups in total. The highest BCUT2D eigenvalue weighted by molar-refractivity contribution is 7.90. The standard InChI is InChI=1S/C45H59N7O7S/c1-4-31-21-35(22-31)40-26-45(2,3)13-9-34(40)30-50-15-17-51(18-16-50)36-5-7-39(43(24-36)59-37-23-33(10-14-46)27-47-29-37)44(53)49-60(56,57)38-6-8-41(42(25-38)52(54)55)48-28-32-11-19-58-20-12-32/h5-8,10,14,23-25,27,29,31-32,35,48H,4,9,11-13,15-22,26,28,30,46H2,1-3H3,(H,49,53)/b14-10-. The molecule has 0 radical (unpaired) electrons. The molecule has 3 aromatic rings. The molecule has 4 aliphatic rings. The molecule has 0 spiro atoms. The van der Waals surface area contributed by atoms with Crippen molar-refractivity contribution in [2.45, 2.75) is 77.0 Å². The molecule has 322 valence electrons. The molecule has 14 nitrogen and oxygen atoms in total. The Morgan fingerprint density at radius 3 is 2.55 bits per heavy atom. The predicted molar refractivity (Wildman–Crippen MR) is 234 cm³/mol. The zero-order valence-corrected chi connectivity index (χ0v) is 35.8. The molecule has 60 heavy (non-hydrogen) atoms. The first kappa shape index (κ1) is 43.1. The number of nitrogens with one attached hydrogen (secondary N) is 2. The molecular formula is C45H59N7O7S. The summed E-state index contributed by atoms with van der Waals surface area (Å²) in [5, 5.41) is 15.2. The number of anilines is 2. The van der Waals surface area contributed by atoms with Gasteiger partial charge < -0.3 is 25.4 Å². The lowest BCUT2D eigenvalue weighted by Gasteiger charge is -2.44. The third-order valence-electron chi connectivity index (χ3n) is 12.8. The highest BCUT2D eigenvalue weighted by atomic mass is 32.2. The van der Waals surface area contributed by atoms with Gasteiger partial charge >= 0.3 is 0 Å². The number of pyridine rings is 1. The molecule has 1 amide bonds. The third kappa shape index (κ3) is 10.5. The number of nitro benzene ring substituents is 1. The number of carbonyl (C=O) groups is 1. The van der Waals surface area contributed by atoms with Crippen molar-refractivity contribution in [3.63, 3.8) is 0 Å². The summed E-state index contributed by atoms with van der Waals surface area (Å²) in [6, 6.07) is 10.4. The zero-order valence-electron chi connectivity index (χ0n) is 35.0. The van der Waals surface area contributed by atoms with Crippen molar-refractivity contribution < 1.29 is 27.6 Å². The van der Waals surface area contributed by atoms with Crippen LogP contribution >= 0.6 is 0 Å². The summed E-state index contributed by atoms with van der Waals surface area (Å²) in [7, 11) is -4.55. The minimum Gasteiger partial charge on any atom is -0.455 e. The van der Waals surface area contributed by atoms with E-state index < -0.39 is 31.4 Å². The highest BCUT2D eigenvalue weighted by Gasteiger charge is 2.37. The molecule has 2 aliphatic carbocycles. The zero-order chi connectivity index (χ0) is 42.4. The Morgan fingerprint density at radius 2 is 1.83 bits per heavy atom. The molecule has 2 aromatic carbocycles. The van der Waals surface area contributed by atoms with Crippen molar-refractivity contribution in [3.05, 3.63) is 93.4 Å². The van der Waals surface area contributed by atoms with Crippen LogP contribution < -0.4 is 25.4 Å². The number of rotatable bonds is 15. The molecule has 0 atom stereocenters. The van der Waals surface area contributed by atoms with Gasteiger partial charge in [-0.25, -0.2) is 13.1 Å². The average molecular weight is 842 g/mol. The van der Waals surface area contributed by atoms with Crippen molar-refractivity contribution in [3.8, 4) is 11.5 Å². The van der Waals surface area contributed by atoms with Crippen LogP contribution in [0.3, 0.4) is 0 Å². The number of allylic oxidation sites excluding steroid dienone is 1. The Morgan fingerprint density at radius 1 is 1.07 bits per heavy atom. The normalized spacial score (nSPS) is 21.4. The van der Waals surface area contributed by atoms with E-state index in [4.69, 9.17) is 15.2 Å². The number of hydrogen-bond donors (Lipinski definition) is 3. The Hall–Kier alpha value is -4.99. The van der Waals surface area contributed by atoms with Gasteiger partial charge in [-0.05, 0) is 116 Å². The molecule has 2 saturated heterocycles. The molecular weight excluding hydrogens is 783 g/mol. The predicted octanol–water partition coefficient (Wildman–Crippen LogP) is 7.73. The number of nitrogens with zero attached hydrogens (tertiary/aromatic N) is 4. The first-order valence-electron chi connectivity index (χ1n) is 21.3. The fourth-order valence-corrected chi connectivity index (χ4v) is 9.99. The summed E-state index contributed by atoms with van der Waals surface area (Å²) in [5.74, 6) is 1.38. The lowest BCUT2D eigenvalue weighted by atomic mass is 9.63. The van der Waals surface area contributed by atoms with E-state index in [0.29, 0.717) is 36.5 Å². The van der Waals surface area contributed by atoms with Gasteiger partial charge in [-0.15, -0.1) is 0 Å². The number of amides is 1. The molecule has 3 fully saturated rings. The molecule has 3 heterocycles. The van der Waals surface area contributed by atoms with Crippen LogP contribution in [0.15, 0.2) is 77.1 Å². The number of hydrogen-bond acceptors (Lipinski definition) is 12. The SMILES string of the molecule is CCC1CC(C2=C(CN3CCN(c4ccc(C(=O)NS(=O)(=O)c5ccc(NCC6CCOCC6)c([N+](=O)[O-])c5)c(Oc5cncc(/C=C\N)c5)c4)CC3)CCC(C)(C)C2)C1. The molecule has 0 unspecified atom stereocenters. The van der Waals surface area contributed by atoms with E-state index in [9.17, 15) is 23.3 Å². The van der Waals surface area contributed by atoms with Crippen LogP contribution in [-0.4, -0.2) is 81.6 Å². The van der Waals surface area contributed by atoms with E-state index in [1.54, 1.807) is 47.7 Å². The van der Waals surface area contributed by atoms with Crippen LogP contribution in [0.4, 0.5) is 17.1 Å².